The predicted octanol–water partition coefficient (Wildman–Crippen LogP) is 1.62. The number of rotatable bonds is 4. The first kappa shape index (κ1) is 17.9. The fourth-order valence-electron chi connectivity index (χ4n) is 1.39. The SMILES string of the molecule is C[C-]=NOc1ncnc(C)c1/C(=C\C)C(=O)OC.[Y]. The van der Waals surface area contributed by atoms with Gasteiger partial charge in [0.05, 0.1) is 23.9 Å². The van der Waals surface area contributed by atoms with Crippen LogP contribution in [0.1, 0.15) is 25.1 Å². The second-order valence-electron chi connectivity index (χ2n) is 3.24. The minimum atomic E-state index is -0.482. The number of hydrogen-bond acceptors (Lipinski definition) is 6. The van der Waals surface area contributed by atoms with Crippen molar-refractivity contribution in [3.05, 3.63) is 23.7 Å². The Labute approximate surface area is 137 Å². The van der Waals surface area contributed by atoms with Crippen LogP contribution in [-0.4, -0.2) is 29.3 Å². The summed E-state index contributed by atoms with van der Waals surface area (Å²) in [5.41, 5.74) is 1.40. The van der Waals surface area contributed by atoms with Crippen LogP contribution in [0.5, 0.6) is 5.88 Å². The Balaban J connectivity index is 0.00000324. The molecule has 1 aromatic rings. The summed E-state index contributed by atoms with van der Waals surface area (Å²) in [5.74, 6) is -0.292. The number of ether oxygens (including phenoxy) is 1. The van der Waals surface area contributed by atoms with Crippen molar-refractivity contribution in [2.24, 2.45) is 5.16 Å². The van der Waals surface area contributed by atoms with Gasteiger partial charge in [-0.05, 0) is 13.8 Å². The molecular formula is C12H14N3O3Y-. The first-order valence-corrected chi connectivity index (χ1v) is 5.26. The second-order valence-corrected chi connectivity index (χ2v) is 3.24. The average Bonchev–Trinajstić information content (AvgIpc) is 2.39. The Kier molecular flexibility index (Phi) is 8.35. The van der Waals surface area contributed by atoms with Crippen LogP contribution in [0.3, 0.4) is 0 Å². The average molecular weight is 337 g/mol. The summed E-state index contributed by atoms with van der Waals surface area (Å²) in [6.07, 6.45) is 5.42. The van der Waals surface area contributed by atoms with E-state index in [-0.39, 0.29) is 38.6 Å². The van der Waals surface area contributed by atoms with Gasteiger partial charge in [-0.1, -0.05) is 6.08 Å². The third-order valence-corrected chi connectivity index (χ3v) is 2.19. The van der Waals surface area contributed by atoms with E-state index in [1.54, 1.807) is 26.8 Å². The first-order chi connectivity index (χ1) is 8.65. The van der Waals surface area contributed by atoms with E-state index in [1.165, 1.54) is 13.4 Å². The molecule has 0 unspecified atom stereocenters. The number of methoxy groups -OCH3 is 1. The summed E-state index contributed by atoms with van der Waals surface area (Å²) < 4.78 is 4.71. The topological polar surface area (TPSA) is 73.7 Å². The van der Waals surface area contributed by atoms with Gasteiger partial charge in [-0.25, -0.2) is 9.78 Å². The summed E-state index contributed by atoms with van der Waals surface area (Å²) in [6, 6.07) is 0. The van der Waals surface area contributed by atoms with Gasteiger partial charge in [0.25, 0.3) is 5.88 Å². The van der Waals surface area contributed by atoms with Gasteiger partial charge in [0.15, 0.2) is 0 Å². The number of carbonyl (C=O) groups excluding carboxylic acids is 1. The van der Waals surface area contributed by atoms with E-state index in [2.05, 4.69) is 21.3 Å². The number of allylic oxidation sites excluding steroid dienone is 1. The zero-order chi connectivity index (χ0) is 13.5. The molecule has 1 rings (SSSR count). The van der Waals surface area contributed by atoms with Gasteiger partial charge < -0.3 is 20.9 Å². The third kappa shape index (κ3) is 4.47. The van der Waals surface area contributed by atoms with Gasteiger partial charge in [0.1, 0.15) is 6.33 Å². The Morgan fingerprint density at radius 3 is 2.68 bits per heavy atom. The van der Waals surface area contributed by atoms with Gasteiger partial charge >= 0.3 is 5.97 Å². The largest absolute Gasteiger partial charge is 0.465 e. The molecule has 0 aliphatic heterocycles. The maximum absolute atomic E-state index is 11.7. The summed E-state index contributed by atoms with van der Waals surface area (Å²) >= 11 is 0. The normalized spacial score (nSPS) is 11.1. The maximum Gasteiger partial charge on any atom is 0.338 e. The molecule has 19 heavy (non-hydrogen) atoms. The fourth-order valence-corrected chi connectivity index (χ4v) is 1.39. The van der Waals surface area contributed by atoms with Gasteiger partial charge in [-0.2, -0.15) is 11.9 Å². The molecule has 0 amide bonds. The number of carbonyl (C=O) groups is 1. The number of aryl methyl sites for hydroxylation is 1. The van der Waals surface area contributed by atoms with Crippen molar-refractivity contribution in [1.82, 2.24) is 9.97 Å². The molecule has 0 aliphatic rings. The number of hydrogen-bond donors (Lipinski definition) is 0. The van der Waals surface area contributed by atoms with Crippen molar-refractivity contribution in [2.45, 2.75) is 20.8 Å². The molecule has 0 fully saturated rings. The molecule has 0 atom stereocenters. The first-order valence-electron chi connectivity index (χ1n) is 5.26. The van der Waals surface area contributed by atoms with E-state index in [1.807, 2.05) is 0 Å². The van der Waals surface area contributed by atoms with Crippen LogP contribution in [0.2, 0.25) is 0 Å². The van der Waals surface area contributed by atoms with E-state index in [4.69, 9.17) is 9.57 Å². The molecule has 0 N–H and O–H groups in total. The molecule has 0 aliphatic carbocycles. The standard InChI is InChI=1S/C12H14N3O3.Y/c1-5-9(12(16)17-4)10-8(3)13-7-14-11(10)18-15-6-2;/h5,7H,1-4H3;/q-1;/b9-5+;. The quantitative estimate of drug-likeness (QED) is 0.274. The van der Waals surface area contributed by atoms with Crippen molar-refractivity contribution in [1.29, 1.82) is 0 Å². The minimum absolute atomic E-state index is 0. The van der Waals surface area contributed by atoms with Crippen LogP contribution in [0.15, 0.2) is 17.6 Å². The van der Waals surface area contributed by atoms with Crippen molar-refractivity contribution >= 4 is 17.8 Å². The van der Waals surface area contributed by atoms with Crippen molar-refractivity contribution in [3.8, 4) is 5.88 Å². The molecule has 0 bridgehead atoms. The van der Waals surface area contributed by atoms with Crippen LogP contribution in [0, 0.1) is 6.92 Å². The zero-order valence-electron chi connectivity index (χ0n) is 11.3. The van der Waals surface area contributed by atoms with Crippen molar-refractivity contribution in [2.75, 3.05) is 7.11 Å². The van der Waals surface area contributed by atoms with E-state index in [0.29, 0.717) is 16.8 Å². The number of nitrogens with zero attached hydrogens (tertiary/aromatic N) is 3. The third-order valence-electron chi connectivity index (χ3n) is 2.19. The molecule has 1 radical (unpaired) electrons. The Bertz CT molecular complexity index is 501. The summed E-state index contributed by atoms with van der Waals surface area (Å²) in [6.45, 7) is 5.05. The van der Waals surface area contributed by atoms with Gasteiger partial charge in [-0.3, -0.25) is 0 Å². The minimum Gasteiger partial charge on any atom is -0.465 e. The van der Waals surface area contributed by atoms with Crippen molar-refractivity contribution in [3.63, 3.8) is 0 Å². The number of esters is 1. The van der Waals surface area contributed by atoms with Crippen LogP contribution in [0.4, 0.5) is 0 Å². The van der Waals surface area contributed by atoms with E-state index >= 15 is 0 Å². The Morgan fingerprint density at radius 1 is 1.47 bits per heavy atom. The van der Waals surface area contributed by atoms with Crippen LogP contribution >= 0.6 is 0 Å². The van der Waals surface area contributed by atoms with E-state index in [0.717, 1.165) is 0 Å². The smallest absolute Gasteiger partial charge is 0.338 e. The monoisotopic (exact) mass is 337 g/mol. The van der Waals surface area contributed by atoms with Gasteiger partial charge in [-0.15, -0.1) is 0 Å². The Morgan fingerprint density at radius 2 is 2.16 bits per heavy atom. The van der Waals surface area contributed by atoms with Gasteiger partial charge in [0.2, 0.25) is 0 Å². The number of aromatic nitrogens is 2. The van der Waals surface area contributed by atoms with Crippen molar-refractivity contribution < 1.29 is 47.1 Å². The molecule has 99 valence electrons. The van der Waals surface area contributed by atoms with Crippen LogP contribution in [0.25, 0.3) is 5.57 Å². The van der Waals surface area contributed by atoms with E-state index < -0.39 is 5.97 Å². The predicted molar refractivity (Wildman–Crippen MR) is 66.2 cm³/mol. The second kappa shape index (κ2) is 8.88. The molecule has 6 nitrogen and oxygen atoms in total. The molecular weight excluding hydrogens is 323 g/mol. The zero-order valence-corrected chi connectivity index (χ0v) is 14.1. The molecule has 0 spiro atoms. The van der Waals surface area contributed by atoms with E-state index in [9.17, 15) is 4.79 Å². The fraction of sp³-hybridized carbons (Fsp3) is 0.333. The molecule has 1 heterocycles. The maximum atomic E-state index is 11.7. The molecule has 0 saturated heterocycles. The molecule has 7 heteroatoms. The Hall–Kier alpha value is -1.14. The van der Waals surface area contributed by atoms with Gasteiger partial charge in [0, 0.05) is 32.7 Å². The summed E-state index contributed by atoms with van der Waals surface area (Å²) in [7, 11) is 1.31. The summed E-state index contributed by atoms with van der Waals surface area (Å²) in [5, 5.41) is 3.53. The van der Waals surface area contributed by atoms with Crippen LogP contribution < -0.4 is 4.84 Å². The van der Waals surface area contributed by atoms with Crippen LogP contribution in [-0.2, 0) is 42.2 Å². The summed E-state index contributed by atoms with van der Waals surface area (Å²) in [4.78, 5) is 24.7. The molecule has 0 aromatic carbocycles. The molecule has 0 saturated carbocycles. The molecule has 1 aromatic heterocycles.